The van der Waals surface area contributed by atoms with Crippen LogP contribution in [0.25, 0.3) is 21.1 Å². The Balaban J connectivity index is 1.40. The number of halogens is 2. The second-order valence-electron chi connectivity index (χ2n) is 6.39. The molecule has 0 fully saturated rings. The van der Waals surface area contributed by atoms with Gasteiger partial charge >= 0.3 is 0 Å². The lowest BCUT2D eigenvalue weighted by Gasteiger charge is -2.07. The molecule has 4 aromatic rings. The van der Waals surface area contributed by atoms with Crippen molar-refractivity contribution in [1.29, 1.82) is 0 Å². The molecule has 6 nitrogen and oxygen atoms in total. The van der Waals surface area contributed by atoms with Gasteiger partial charge in [-0.05, 0) is 49.4 Å². The predicted octanol–water partition coefficient (Wildman–Crippen LogP) is 6.01. The van der Waals surface area contributed by atoms with E-state index in [4.69, 9.17) is 23.2 Å². The second-order valence-corrected chi connectivity index (χ2v) is 9.23. The van der Waals surface area contributed by atoms with Gasteiger partial charge < -0.3 is 5.32 Å². The quantitative estimate of drug-likeness (QED) is 0.335. The first-order chi connectivity index (χ1) is 15.0. The molecule has 3 heterocycles. The highest BCUT2D eigenvalue weighted by atomic mass is 35.5. The molecule has 1 aromatic carbocycles. The number of thioether (sulfide) groups is 1. The average molecular weight is 488 g/mol. The summed E-state index contributed by atoms with van der Waals surface area (Å²) in [6, 6.07) is 12.5. The molecule has 0 atom stereocenters. The first-order valence-corrected chi connectivity index (χ1v) is 11.6. The molecule has 0 radical (unpaired) electrons. The van der Waals surface area contributed by atoms with Gasteiger partial charge in [-0.3, -0.25) is 9.78 Å². The summed E-state index contributed by atoms with van der Waals surface area (Å²) in [6.07, 6.45) is 3.52. The van der Waals surface area contributed by atoms with E-state index in [0.717, 1.165) is 26.8 Å². The van der Waals surface area contributed by atoms with E-state index in [2.05, 4.69) is 25.5 Å². The number of anilines is 1. The van der Waals surface area contributed by atoms with E-state index in [0.29, 0.717) is 20.8 Å². The van der Waals surface area contributed by atoms with E-state index in [9.17, 15) is 4.79 Å². The van der Waals surface area contributed by atoms with Crippen molar-refractivity contribution in [2.45, 2.75) is 11.9 Å². The Morgan fingerprint density at radius 3 is 2.77 bits per heavy atom. The van der Waals surface area contributed by atoms with Crippen LogP contribution in [0.4, 0.5) is 5.69 Å². The van der Waals surface area contributed by atoms with E-state index in [1.807, 2.05) is 31.2 Å². The molecule has 1 amide bonds. The SMILES string of the molecule is Cc1nc(-c2cccnc2)sc1-c1ccc(SCC(=O)Nc2cc(Cl)ccc2Cl)nn1. The van der Waals surface area contributed by atoms with Crippen molar-refractivity contribution in [2.24, 2.45) is 0 Å². The van der Waals surface area contributed by atoms with Crippen LogP contribution >= 0.6 is 46.3 Å². The van der Waals surface area contributed by atoms with Crippen LogP contribution in [0.1, 0.15) is 5.69 Å². The molecule has 4 rings (SSSR count). The maximum atomic E-state index is 12.2. The first kappa shape index (κ1) is 21.7. The molecule has 0 spiro atoms. The zero-order chi connectivity index (χ0) is 21.8. The highest BCUT2D eigenvalue weighted by molar-refractivity contribution is 7.99. The summed E-state index contributed by atoms with van der Waals surface area (Å²) in [5, 5.41) is 13.8. The van der Waals surface area contributed by atoms with Crippen LogP contribution in [0, 0.1) is 6.92 Å². The summed E-state index contributed by atoms with van der Waals surface area (Å²) in [5.41, 5.74) is 3.07. The number of aromatic nitrogens is 4. The maximum Gasteiger partial charge on any atom is 0.234 e. The normalized spacial score (nSPS) is 10.8. The summed E-state index contributed by atoms with van der Waals surface area (Å²) < 4.78 is 0. The van der Waals surface area contributed by atoms with Gasteiger partial charge in [0, 0.05) is 23.0 Å². The zero-order valence-corrected chi connectivity index (χ0v) is 19.3. The molecule has 156 valence electrons. The minimum atomic E-state index is -0.209. The number of nitrogens with zero attached hydrogens (tertiary/aromatic N) is 4. The van der Waals surface area contributed by atoms with Crippen LogP contribution in [-0.2, 0) is 4.79 Å². The van der Waals surface area contributed by atoms with Crippen LogP contribution in [0.5, 0.6) is 0 Å². The molecule has 1 N–H and O–H groups in total. The fraction of sp³-hybridized carbons (Fsp3) is 0.0952. The van der Waals surface area contributed by atoms with Crippen molar-refractivity contribution in [1.82, 2.24) is 20.2 Å². The third-order valence-electron chi connectivity index (χ3n) is 4.13. The smallest absolute Gasteiger partial charge is 0.234 e. The van der Waals surface area contributed by atoms with Crippen molar-refractivity contribution in [3.05, 3.63) is 70.6 Å². The van der Waals surface area contributed by atoms with E-state index in [1.54, 1.807) is 41.9 Å². The van der Waals surface area contributed by atoms with Gasteiger partial charge in [-0.1, -0.05) is 35.0 Å². The van der Waals surface area contributed by atoms with Crippen molar-refractivity contribution in [3.63, 3.8) is 0 Å². The average Bonchev–Trinajstić information content (AvgIpc) is 3.17. The first-order valence-electron chi connectivity index (χ1n) is 9.09. The Hall–Kier alpha value is -2.52. The molecular formula is C21H15Cl2N5OS2. The van der Waals surface area contributed by atoms with E-state index >= 15 is 0 Å². The number of thiazole rings is 1. The van der Waals surface area contributed by atoms with E-state index in [-0.39, 0.29) is 11.7 Å². The summed E-state index contributed by atoms with van der Waals surface area (Å²) in [6.45, 7) is 1.95. The fourth-order valence-electron chi connectivity index (χ4n) is 2.68. The minimum absolute atomic E-state index is 0.168. The van der Waals surface area contributed by atoms with Gasteiger partial charge in [0.15, 0.2) is 0 Å². The number of hydrogen-bond acceptors (Lipinski definition) is 7. The van der Waals surface area contributed by atoms with Crippen LogP contribution in [0.2, 0.25) is 10.0 Å². The molecule has 0 aliphatic carbocycles. The van der Waals surface area contributed by atoms with Crippen molar-refractivity contribution in [2.75, 3.05) is 11.1 Å². The van der Waals surface area contributed by atoms with Gasteiger partial charge in [0.2, 0.25) is 5.91 Å². The molecule has 0 bridgehead atoms. The van der Waals surface area contributed by atoms with E-state index in [1.165, 1.54) is 11.8 Å². The third kappa shape index (κ3) is 5.40. The lowest BCUT2D eigenvalue weighted by atomic mass is 10.3. The molecule has 3 aromatic heterocycles. The van der Waals surface area contributed by atoms with Gasteiger partial charge in [-0.15, -0.1) is 21.5 Å². The molecule has 0 aliphatic heterocycles. The van der Waals surface area contributed by atoms with Gasteiger partial charge in [-0.25, -0.2) is 4.98 Å². The Morgan fingerprint density at radius 1 is 1.16 bits per heavy atom. The predicted molar refractivity (Wildman–Crippen MR) is 127 cm³/mol. The molecule has 0 aliphatic rings. The van der Waals surface area contributed by atoms with E-state index < -0.39 is 0 Å². The topological polar surface area (TPSA) is 80.7 Å². The van der Waals surface area contributed by atoms with Gasteiger partial charge in [0.05, 0.1) is 27.0 Å². The summed E-state index contributed by atoms with van der Waals surface area (Å²) in [5.74, 6) is -0.0406. The molecule has 10 heteroatoms. The number of rotatable bonds is 6. The fourth-order valence-corrected chi connectivity index (χ4v) is 4.66. The maximum absolute atomic E-state index is 12.2. The molecule has 31 heavy (non-hydrogen) atoms. The second kappa shape index (κ2) is 9.74. The van der Waals surface area contributed by atoms with Crippen LogP contribution in [-0.4, -0.2) is 31.8 Å². The van der Waals surface area contributed by atoms with Crippen molar-refractivity contribution in [3.8, 4) is 21.1 Å². The number of nitrogens with one attached hydrogen (secondary N) is 1. The Bertz CT molecular complexity index is 1220. The van der Waals surface area contributed by atoms with Crippen LogP contribution < -0.4 is 5.32 Å². The Kier molecular flexibility index (Phi) is 6.82. The number of aryl methyl sites for hydroxylation is 1. The molecule has 0 saturated carbocycles. The van der Waals surface area contributed by atoms with Crippen LogP contribution in [0.15, 0.2) is 59.9 Å². The largest absolute Gasteiger partial charge is 0.324 e. The summed E-state index contributed by atoms with van der Waals surface area (Å²) in [7, 11) is 0. The Labute approximate surface area is 197 Å². The summed E-state index contributed by atoms with van der Waals surface area (Å²) >= 11 is 14.9. The molecule has 0 saturated heterocycles. The number of benzene rings is 1. The number of pyridine rings is 1. The number of carbonyl (C=O) groups excluding carboxylic acids is 1. The number of hydrogen-bond donors (Lipinski definition) is 1. The standard InChI is InChI=1S/C21H15Cl2N5OS2/c1-12-20(31-21(25-12)13-3-2-8-24-10-13)16-6-7-19(28-27-16)30-11-18(29)26-17-9-14(22)4-5-15(17)23/h2-10H,11H2,1H3,(H,26,29). The Morgan fingerprint density at radius 2 is 2.03 bits per heavy atom. The monoisotopic (exact) mass is 487 g/mol. The van der Waals surface area contributed by atoms with Crippen molar-refractivity contribution < 1.29 is 4.79 Å². The summed E-state index contributed by atoms with van der Waals surface area (Å²) in [4.78, 5) is 21.9. The number of carbonyl (C=O) groups is 1. The molecular weight excluding hydrogens is 473 g/mol. The zero-order valence-electron chi connectivity index (χ0n) is 16.2. The van der Waals surface area contributed by atoms with Gasteiger partial charge in [-0.2, -0.15) is 0 Å². The highest BCUT2D eigenvalue weighted by Crippen LogP contribution is 2.34. The van der Waals surface area contributed by atoms with Crippen molar-refractivity contribution >= 4 is 57.9 Å². The minimum Gasteiger partial charge on any atom is -0.324 e. The lowest BCUT2D eigenvalue weighted by molar-refractivity contribution is -0.113. The number of amides is 1. The third-order valence-corrected chi connectivity index (χ3v) is 6.85. The lowest BCUT2D eigenvalue weighted by Crippen LogP contribution is -2.14. The molecule has 0 unspecified atom stereocenters. The van der Waals surface area contributed by atoms with Gasteiger partial charge in [0.1, 0.15) is 15.7 Å². The van der Waals surface area contributed by atoms with Gasteiger partial charge in [0.25, 0.3) is 0 Å². The van der Waals surface area contributed by atoms with Crippen LogP contribution in [0.3, 0.4) is 0 Å². The highest BCUT2D eigenvalue weighted by Gasteiger charge is 2.14.